The number of amides is 1. The topological polar surface area (TPSA) is 81.9 Å². The second kappa shape index (κ2) is 7.00. The Hall–Kier alpha value is -3.09. The van der Waals surface area contributed by atoms with E-state index in [1.54, 1.807) is 12.1 Å². The number of fused-ring (bicyclic) bond motifs is 3. The lowest BCUT2D eigenvalue weighted by molar-refractivity contribution is -0.384. The van der Waals surface area contributed by atoms with Crippen LogP contribution in [0.1, 0.15) is 60.1 Å². The molecule has 2 aliphatic heterocycles. The highest BCUT2D eigenvalue weighted by Gasteiger charge is 2.46. The number of non-ortho nitro benzene ring substituents is 1. The van der Waals surface area contributed by atoms with Crippen molar-refractivity contribution in [2.75, 3.05) is 19.8 Å². The summed E-state index contributed by atoms with van der Waals surface area (Å²) in [6, 6.07) is 10.0. The quantitative estimate of drug-likeness (QED) is 0.544. The molecule has 7 nitrogen and oxygen atoms in total. The van der Waals surface area contributed by atoms with Crippen LogP contribution in [0.5, 0.6) is 11.5 Å². The van der Waals surface area contributed by atoms with Gasteiger partial charge in [-0.2, -0.15) is 0 Å². The van der Waals surface area contributed by atoms with Crippen molar-refractivity contribution in [2.24, 2.45) is 0 Å². The molecule has 1 atom stereocenters. The minimum absolute atomic E-state index is 0.0684. The van der Waals surface area contributed by atoms with Crippen LogP contribution in [0, 0.1) is 10.1 Å². The van der Waals surface area contributed by atoms with Gasteiger partial charge in [-0.05, 0) is 49.1 Å². The molecule has 1 spiro atoms. The van der Waals surface area contributed by atoms with Gasteiger partial charge in [0, 0.05) is 29.7 Å². The molecular weight excluding hydrogens is 384 g/mol. The first-order valence-corrected chi connectivity index (χ1v) is 10.5. The molecule has 0 aromatic heterocycles. The van der Waals surface area contributed by atoms with Gasteiger partial charge in [0.2, 0.25) is 0 Å². The van der Waals surface area contributed by atoms with Gasteiger partial charge >= 0.3 is 0 Å². The van der Waals surface area contributed by atoms with E-state index in [0.29, 0.717) is 25.3 Å². The van der Waals surface area contributed by atoms with E-state index in [1.807, 2.05) is 17.9 Å². The Bertz CT molecular complexity index is 1030. The summed E-state index contributed by atoms with van der Waals surface area (Å²) in [7, 11) is 0. The van der Waals surface area contributed by atoms with Crippen LogP contribution in [0.2, 0.25) is 0 Å². The van der Waals surface area contributed by atoms with Crippen molar-refractivity contribution in [1.29, 1.82) is 0 Å². The molecule has 2 heterocycles. The summed E-state index contributed by atoms with van der Waals surface area (Å²) < 4.78 is 11.6. The van der Waals surface area contributed by atoms with Gasteiger partial charge in [-0.15, -0.1) is 0 Å². The van der Waals surface area contributed by atoms with E-state index in [1.165, 1.54) is 17.7 Å². The number of carbonyl (C=O) groups excluding carboxylic acids is 1. The average molecular weight is 408 g/mol. The number of benzene rings is 2. The lowest BCUT2D eigenvalue weighted by atomic mass is 9.71. The Kier molecular flexibility index (Phi) is 4.41. The van der Waals surface area contributed by atoms with Crippen molar-refractivity contribution in [3.8, 4) is 11.5 Å². The summed E-state index contributed by atoms with van der Waals surface area (Å²) in [5.74, 6) is 1.35. The van der Waals surface area contributed by atoms with Crippen molar-refractivity contribution in [2.45, 2.75) is 44.1 Å². The Labute approximate surface area is 174 Å². The second-order valence-corrected chi connectivity index (χ2v) is 8.49. The minimum Gasteiger partial charge on any atom is -0.486 e. The highest BCUT2D eigenvalue weighted by atomic mass is 16.6. The maximum Gasteiger partial charge on any atom is 0.270 e. The van der Waals surface area contributed by atoms with Crippen LogP contribution >= 0.6 is 0 Å². The van der Waals surface area contributed by atoms with Gasteiger partial charge in [0.1, 0.15) is 13.2 Å². The third-order valence-corrected chi connectivity index (χ3v) is 6.80. The first kappa shape index (κ1) is 18.9. The molecule has 0 saturated heterocycles. The summed E-state index contributed by atoms with van der Waals surface area (Å²) in [6.45, 7) is 3.70. The molecule has 0 unspecified atom stereocenters. The van der Waals surface area contributed by atoms with Crippen LogP contribution in [0.3, 0.4) is 0 Å². The van der Waals surface area contributed by atoms with Crippen LogP contribution in [0.25, 0.3) is 0 Å². The van der Waals surface area contributed by atoms with Crippen LogP contribution < -0.4 is 9.47 Å². The average Bonchev–Trinajstić information content (AvgIpc) is 3.24. The fraction of sp³-hybridized carbons (Fsp3) is 0.435. The molecule has 5 rings (SSSR count). The van der Waals surface area contributed by atoms with Crippen molar-refractivity contribution in [3.05, 3.63) is 63.2 Å². The fourth-order valence-electron chi connectivity index (χ4n) is 5.27. The summed E-state index contributed by atoms with van der Waals surface area (Å²) in [5, 5.41) is 11.2. The highest BCUT2D eigenvalue weighted by molar-refractivity contribution is 5.95. The Balaban J connectivity index is 1.58. The normalized spacial score (nSPS) is 21.4. The SMILES string of the molecule is C[C@H]1c2cc3c(cc2C2(CCCC2)CN1C(=O)c1cccc([N+](=O)[O-])c1)OCCO3. The largest absolute Gasteiger partial charge is 0.486 e. The molecule has 1 saturated carbocycles. The maximum atomic E-state index is 13.5. The zero-order valence-electron chi connectivity index (χ0n) is 16.9. The van der Waals surface area contributed by atoms with Gasteiger partial charge in [-0.25, -0.2) is 0 Å². The van der Waals surface area contributed by atoms with Gasteiger partial charge in [0.05, 0.1) is 11.0 Å². The molecule has 1 fully saturated rings. The number of carbonyl (C=O) groups is 1. The molecule has 3 aliphatic rings. The highest BCUT2D eigenvalue weighted by Crippen LogP contribution is 2.52. The van der Waals surface area contributed by atoms with E-state index in [4.69, 9.17) is 9.47 Å². The molecule has 1 aliphatic carbocycles. The standard InChI is InChI=1S/C23H24N2O5/c1-15-18-12-20-21(30-10-9-29-20)13-19(18)23(7-2-3-8-23)14-24(15)22(26)16-5-4-6-17(11-16)25(27)28/h4-6,11-13,15H,2-3,7-10,14H2,1H3/t15-/m0/s1. The molecule has 0 N–H and O–H groups in total. The van der Waals surface area contributed by atoms with Crippen molar-refractivity contribution in [3.63, 3.8) is 0 Å². The fourth-order valence-corrected chi connectivity index (χ4v) is 5.27. The minimum atomic E-state index is -0.464. The molecule has 2 aromatic rings. The predicted molar refractivity (Wildman–Crippen MR) is 110 cm³/mol. The van der Waals surface area contributed by atoms with Crippen molar-refractivity contribution in [1.82, 2.24) is 4.90 Å². The van der Waals surface area contributed by atoms with E-state index < -0.39 is 4.92 Å². The molecule has 2 aromatic carbocycles. The molecule has 156 valence electrons. The maximum absolute atomic E-state index is 13.5. The third-order valence-electron chi connectivity index (χ3n) is 6.80. The Morgan fingerprint density at radius 3 is 2.53 bits per heavy atom. The lowest BCUT2D eigenvalue weighted by Gasteiger charge is -2.46. The third kappa shape index (κ3) is 2.91. The zero-order chi connectivity index (χ0) is 20.9. The summed E-state index contributed by atoms with van der Waals surface area (Å²) in [6.07, 6.45) is 4.29. The second-order valence-electron chi connectivity index (χ2n) is 8.49. The van der Waals surface area contributed by atoms with Crippen LogP contribution in [0.15, 0.2) is 36.4 Å². The first-order chi connectivity index (χ1) is 14.5. The smallest absolute Gasteiger partial charge is 0.270 e. The molecule has 1 amide bonds. The van der Waals surface area contributed by atoms with Gasteiger partial charge in [0.15, 0.2) is 11.5 Å². The lowest BCUT2D eigenvalue weighted by Crippen LogP contribution is -2.48. The molecule has 0 radical (unpaired) electrons. The molecule has 0 bridgehead atoms. The van der Waals surface area contributed by atoms with Crippen molar-refractivity contribution < 1.29 is 19.2 Å². The first-order valence-electron chi connectivity index (χ1n) is 10.5. The van der Waals surface area contributed by atoms with Gasteiger partial charge in [-0.1, -0.05) is 18.9 Å². The van der Waals surface area contributed by atoms with Crippen molar-refractivity contribution >= 4 is 11.6 Å². The predicted octanol–water partition coefficient (Wildman–Crippen LogP) is 4.39. The van der Waals surface area contributed by atoms with Crippen LogP contribution in [-0.2, 0) is 5.41 Å². The number of ether oxygens (including phenoxy) is 2. The van der Waals surface area contributed by atoms with E-state index in [-0.39, 0.29) is 23.1 Å². The Morgan fingerprint density at radius 2 is 1.83 bits per heavy atom. The monoisotopic (exact) mass is 408 g/mol. The number of nitro groups is 1. The Morgan fingerprint density at radius 1 is 1.13 bits per heavy atom. The van der Waals surface area contributed by atoms with Gasteiger partial charge in [-0.3, -0.25) is 14.9 Å². The molecule has 7 heteroatoms. The van der Waals surface area contributed by atoms with E-state index in [2.05, 4.69) is 6.07 Å². The number of nitrogens with zero attached hydrogens (tertiary/aromatic N) is 2. The zero-order valence-corrected chi connectivity index (χ0v) is 16.9. The van der Waals surface area contributed by atoms with E-state index in [0.717, 1.165) is 42.7 Å². The van der Waals surface area contributed by atoms with Crippen LogP contribution in [-0.4, -0.2) is 35.5 Å². The number of hydrogen-bond donors (Lipinski definition) is 0. The van der Waals surface area contributed by atoms with Crippen LogP contribution in [0.4, 0.5) is 5.69 Å². The molecular formula is C23H24N2O5. The summed E-state index contributed by atoms with van der Waals surface area (Å²) >= 11 is 0. The van der Waals surface area contributed by atoms with Gasteiger partial charge in [0.25, 0.3) is 11.6 Å². The van der Waals surface area contributed by atoms with E-state index in [9.17, 15) is 14.9 Å². The summed E-state index contributed by atoms with van der Waals surface area (Å²) in [4.78, 5) is 26.1. The number of hydrogen-bond acceptors (Lipinski definition) is 5. The van der Waals surface area contributed by atoms with Gasteiger partial charge < -0.3 is 14.4 Å². The number of nitro benzene ring substituents is 1. The number of rotatable bonds is 2. The van der Waals surface area contributed by atoms with E-state index >= 15 is 0 Å². The summed E-state index contributed by atoms with van der Waals surface area (Å²) in [5.41, 5.74) is 2.53. The molecule has 30 heavy (non-hydrogen) atoms.